The maximum Gasteiger partial charge on any atom is 0.222 e. The Morgan fingerprint density at radius 2 is 1.78 bits per heavy atom. The second-order valence-electron chi connectivity index (χ2n) is 6.42. The molecular weight excluding hydrogens is 286 g/mol. The van der Waals surface area contributed by atoms with Crippen molar-refractivity contribution in [3.8, 4) is 0 Å². The van der Waals surface area contributed by atoms with Gasteiger partial charge in [0.25, 0.3) is 0 Å². The molecule has 0 saturated heterocycles. The molecule has 4 N–H and O–H groups in total. The molecule has 3 rings (SSSR count). The molecule has 0 fully saturated rings. The number of hydrogen-bond acceptors (Lipinski definition) is 4. The van der Waals surface area contributed by atoms with E-state index in [1.54, 1.807) is 0 Å². The number of anilines is 2. The van der Waals surface area contributed by atoms with Crippen molar-refractivity contribution in [1.82, 2.24) is 14.5 Å². The van der Waals surface area contributed by atoms with Crippen LogP contribution in [0.3, 0.4) is 0 Å². The summed E-state index contributed by atoms with van der Waals surface area (Å²) >= 11 is 0. The molecule has 5 heteroatoms. The van der Waals surface area contributed by atoms with Gasteiger partial charge >= 0.3 is 0 Å². The molecule has 2 aromatic heterocycles. The van der Waals surface area contributed by atoms with E-state index in [9.17, 15) is 0 Å². The van der Waals surface area contributed by atoms with Crippen molar-refractivity contribution in [3.05, 3.63) is 23.9 Å². The van der Waals surface area contributed by atoms with Gasteiger partial charge < -0.3 is 16.0 Å². The Morgan fingerprint density at radius 3 is 2.39 bits per heavy atom. The first-order valence-corrected chi connectivity index (χ1v) is 8.34. The van der Waals surface area contributed by atoms with E-state index >= 15 is 0 Å². The summed E-state index contributed by atoms with van der Waals surface area (Å²) in [4.78, 5) is 8.49. The monoisotopic (exact) mass is 311 g/mol. The third-order valence-electron chi connectivity index (χ3n) is 4.66. The maximum absolute atomic E-state index is 6.16. The van der Waals surface area contributed by atoms with Crippen LogP contribution in [0.1, 0.15) is 58.2 Å². The fourth-order valence-electron chi connectivity index (χ4n) is 3.51. The highest BCUT2D eigenvalue weighted by Crippen LogP contribution is 2.36. The molecule has 0 radical (unpaired) electrons. The Kier molecular flexibility index (Phi) is 3.88. The first kappa shape index (κ1) is 15.6. The lowest BCUT2D eigenvalue weighted by Gasteiger charge is -2.22. The van der Waals surface area contributed by atoms with E-state index in [0.29, 0.717) is 17.8 Å². The third-order valence-corrected chi connectivity index (χ3v) is 4.66. The highest BCUT2D eigenvalue weighted by atomic mass is 15.0. The number of nitrogens with zero attached hydrogens (tertiary/aromatic N) is 3. The molecule has 0 aliphatic rings. The summed E-state index contributed by atoms with van der Waals surface area (Å²) in [7, 11) is 0. The largest absolute Gasteiger partial charge is 0.383 e. The van der Waals surface area contributed by atoms with Crippen LogP contribution in [-0.4, -0.2) is 14.5 Å². The summed E-state index contributed by atoms with van der Waals surface area (Å²) in [5.74, 6) is 1.11. The summed E-state index contributed by atoms with van der Waals surface area (Å²) in [6.07, 6.45) is 2.21. The van der Waals surface area contributed by atoms with Gasteiger partial charge in [-0.05, 0) is 37.0 Å². The van der Waals surface area contributed by atoms with E-state index in [0.717, 1.165) is 29.1 Å². The molecule has 0 saturated carbocycles. The lowest BCUT2D eigenvalue weighted by molar-refractivity contribution is 0.465. The Bertz CT molecular complexity index is 859. The minimum Gasteiger partial charge on any atom is -0.383 e. The van der Waals surface area contributed by atoms with Crippen molar-refractivity contribution in [2.75, 3.05) is 11.5 Å². The molecule has 5 nitrogen and oxygen atoms in total. The van der Waals surface area contributed by atoms with E-state index < -0.39 is 0 Å². The number of benzene rings is 1. The molecule has 3 aromatic rings. The van der Waals surface area contributed by atoms with Crippen LogP contribution in [0.5, 0.6) is 0 Å². The van der Waals surface area contributed by atoms with Gasteiger partial charge in [-0.25, -0.2) is 4.98 Å². The van der Waals surface area contributed by atoms with Crippen LogP contribution in [0, 0.1) is 0 Å². The van der Waals surface area contributed by atoms with Crippen LogP contribution in [0.15, 0.2) is 18.2 Å². The summed E-state index contributed by atoms with van der Waals surface area (Å²) in [6, 6.07) is 6.86. The van der Waals surface area contributed by atoms with Crippen LogP contribution in [0.2, 0.25) is 0 Å². The van der Waals surface area contributed by atoms with Crippen molar-refractivity contribution >= 4 is 33.6 Å². The molecule has 0 bridgehead atoms. The number of nitrogen functional groups attached to an aromatic ring is 2. The van der Waals surface area contributed by atoms with Gasteiger partial charge in [0.05, 0.1) is 10.9 Å². The Hall–Kier alpha value is -2.30. The Labute approximate surface area is 136 Å². The highest BCUT2D eigenvalue weighted by molar-refractivity contribution is 6.10. The number of nitrogens with two attached hydrogens (primary N) is 2. The summed E-state index contributed by atoms with van der Waals surface area (Å²) in [6.45, 7) is 8.94. The molecule has 0 spiro atoms. The summed E-state index contributed by atoms with van der Waals surface area (Å²) in [5.41, 5.74) is 15.2. The summed E-state index contributed by atoms with van der Waals surface area (Å²) < 4.78 is 2.47. The minimum atomic E-state index is 0.220. The molecule has 23 heavy (non-hydrogen) atoms. The molecule has 122 valence electrons. The third kappa shape index (κ3) is 2.40. The zero-order chi connectivity index (χ0) is 16.7. The van der Waals surface area contributed by atoms with E-state index in [-0.39, 0.29) is 5.95 Å². The quantitative estimate of drug-likeness (QED) is 0.755. The average Bonchev–Trinajstić information content (AvgIpc) is 2.87. The van der Waals surface area contributed by atoms with Crippen molar-refractivity contribution in [3.63, 3.8) is 0 Å². The fraction of sp³-hybridized carbons (Fsp3) is 0.444. The number of hydrogen-bond donors (Lipinski definition) is 2. The molecule has 0 aliphatic heterocycles. The van der Waals surface area contributed by atoms with Gasteiger partial charge in [-0.15, -0.1) is 0 Å². The topological polar surface area (TPSA) is 82.8 Å². The van der Waals surface area contributed by atoms with Crippen LogP contribution < -0.4 is 11.5 Å². The van der Waals surface area contributed by atoms with Gasteiger partial charge in [-0.2, -0.15) is 4.98 Å². The van der Waals surface area contributed by atoms with Crippen LogP contribution in [-0.2, 0) is 0 Å². The van der Waals surface area contributed by atoms with E-state index in [1.165, 1.54) is 11.2 Å². The molecule has 0 amide bonds. The fourth-order valence-corrected chi connectivity index (χ4v) is 3.51. The zero-order valence-corrected chi connectivity index (χ0v) is 14.3. The standard InChI is InChI=1S/C18H25N5/c1-5-11(6-2)23-14-8-7-13-16(17(19)22-18(20)21-13)12(14)9-15(23)10(3)4/h7-11H,5-6H2,1-4H3,(H4,19,20,21,22). The Balaban J connectivity index is 2.43. The number of aromatic nitrogens is 3. The van der Waals surface area contributed by atoms with E-state index in [4.69, 9.17) is 11.5 Å². The van der Waals surface area contributed by atoms with Gasteiger partial charge in [-0.1, -0.05) is 27.7 Å². The zero-order valence-electron chi connectivity index (χ0n) is 14.3. The van der Waals surface area contributed by atoms with E-state index in [1.807, 2.05) is 6.07 Å². The molecule has 2 heterocycles. The Morgan fingerprint density at radius 1 is 1.09 bits per heavy atom. The van der Waals surface area contributed by atoms with Gasteiger partial charge in [0.2, 0.25) is 5.95 Å². The predicted octanol–water partition coefficient (Wildman–Crippen LogP) is 4.23. The molecule has 0 aliphatic carbocycles. The molecule has 0 unspecified atom stereocenters. The average molecular weight is 311 g/mol. The second-order valence-corrected chi connectivity index (χ2v) is 6.42. The van der Waals surface area contributed by atoms with Crippen molar-refractivity contribution in [2.45, 2.75) is 52.5 Å². The first-order valence-electron chi connectivity index (χ1n) is 8.34. The van der Waals surface area contributed by atoms with Crippen molar-refractivity contribution in [1.29, 1.82) is 0 Å². The molecule has 0 atom stereocenters. The lowest BCUT2D eigenvalue weighted by Crippen LogP contribution is -2.11. The first-order chi connectivity index (χ1) is 11.0. The van der Waals surface area contributed by atoms with Crippen LogP contribution in [0.25, 0.3) is 21.8 Å². The second kappa shape index (κ2) is 5.72. The van der Waals surface area contributed by atoms with E-state index in [2.05, 4.69) is 54.4 Å². The lowest BCUT2D eigenvalue weighted by atomic mass is 10.1. The van der Waals surface area contributed by atoms with Crippen LogP contribution >= 0.6 is 0 Å². The maximum atomic E-state index is 6.16. The number of fused-ring (bicyclic) bond motifs is 3. The number of rotatable bonds is 4. The van der Waals surface area contributed by atoms with Gasteiger partial charge in [0.1, 0.15) is 5.82 Å². The highest BCUT2D eigenvalue weighted by Gasteiger charge is 2.20. The van der Waals surface area contributed by atoms with Gasteiger partial charge in [0, 0.05) is 22.6 Å². The molecule has 1 aromatic carbocycles. The smallest absolute Gasteiger partial charge is 0.222 e. The summed E-state index contributed by atoms with van der Waals surface area (Å²) in [5, 5.41) is 2.03. The van der Waals surface area contributed by atoms with Crippen molar-refractivity contribution < 1.29 is 0 Å². The van der Waals surface area contributed by atoms with Crippen molar-refractivity contribution in [2.24, 2.45) is 0 Å². The SMILES string of the molecule is CCC(CC)n1c(C(C)C)cc2c3c(N)nc(N)nc3ccc21. The van der Waals surface area contributed by atoms with Crippen LogP contribution in [0.4, 0.5) is 11.8 Å². The molecular formula is C18H25N5. The van der Waals surface area contributed by atoms with Gasteiger partial charge in [-0.3, -0.25) is 0 Å². The normalized spacial score (nSPS) is 12.1. The predicted molar refractivity (Wildman–Crippen MR) is 97.6 cm³/mol. The van der Waals surface area contributed by atoms with Gasteiger partial charge in [0.15, 0.2) is 0 Å². The minimum absolute atomic E-state index is 0.220.